The van der Waals surface area contributed by atoms with Gasteiger partial charge in [0.05, 0.1) is 24.1 Å². The molecule has 0 aliphatic carbocycles. The second-order valence-electron chi connectivity index (χ2n) is 5.82. The van der Waals surface area contributed by atoms with E-state index in [4.69, 9.17) is 4.74 Å². The predicted molar refractivity (Wildman–Crippen MR) is 104 cm³/mol. The maximum atomic E-state index is 12.9. The summed E-state index contributed by atoms with van der Waals surface area (Å²) in [6.07, 6.45) is 1.51. The van der Waals surface area contributed by atoms with Crippen molar-refractivity contribution in [2.75, 3.05) is 17.2 Å². The van der Waals surface area contributed by atoms with Crippen molar-refractivity contribution >= 4 is 29.1 Å². The van der Waals surface area contributed by atoms with E-state index in [0.717, 1.165) is 5.69 Å². The number of rotatable bonds is 6. The predicted octanol–water partition coefficient (Wildman–Crippen LogP) is 4.39. The van der Waals surface area contributed by atoms with Crippen molar-refractivity contribution in [2.24, 2.45) is 0 Å². The molecule has 7 heteroatoms. The third kappa shape index (κ3) is 4.91. The van der Waals surface area contributed by atoms with Gasteiger partial charge >= 0.3 is 5.97 Å². The first-order chi connectivity index (χ1) is 13.5. The molecule has 3 aromatic rings. The summed E-state index contributed by atoms with van der Waals surface area (Å²) in [5, 5.41) is 5.80. The SMILES string of the molecule is CCOC(=O)c1ccc(Nc2ccc(NC(=O)c3ccc(F)cc3)cn2)cc1. The summed E-state index contributed by atoms with van der Waals surface area (Å²) in [4.78, 5) is 28.0. The van der Waals surface area contributed by atoms with Crippen LogP contribution in [0.4, 0.5) is 21.6 Å². The Hall–Kier alpha value is -3.74. The summed E-state index contributed by atoms with van der Waals surface area (Å²) < 4.78 is 17.9. The molecule has 2 N–H and O–H groups in total. The number of nitrogens with one attached hydrogen (secondary N) is 2. The van der Waals surface area contributed by atoms with E-state index in [1.54, 1.807) is 43.3 Å². The number of hydrogen-bond donors (Lipinski definition) is 2. The third-order valence-electron chi connectivity index (χ3n) is 3.80. The first-order valence-corrected chi connectivity index (χ1v) is 8.62. The van der Waals surface area contributed by atoms with Gasteiger partial charge in [0, 0.05) is 11.3 Å². The Balaban J connectivity index is 1.60. The highest BCUT2D eigenvalue weighted by molar-refractivity contribution is 6.04. The Morgan fingerprint density at radius 3 is 2.18 bits per heavy atom. The number of halogens is 1. The van der Waals surface area contributed by atoms with E-state index in [2.05, 4.69) is 15.6 Å². The highest BCUT2D eigenvalue weighted by atomic mass is 19.1. The minimum atomic E-state index is -0.399. The number of ether oxygens (including phenoxy) is 1. The second kappa shape index (κ2) is 8.77. The Bertz CT molecular complexity index is 956. The number of carbonyl (C=O) groups is 2. The van der Waals surface area contributed by atoms with Crippen molar-refractivity contribution < 1.29 is 18.7 Å². The summed E-state index contributed by atoms with van der Waals surface area (Å²) in [6.45, 7) is 2.08. The van der Waals surface area contributed by atoms with Crippen molar-refractivity contribution in [1.29, 1.82) is 0 Å². The van der Waals surface area contributed by atoms with Crippen LogP contribution in [0.3, 0.4) is 0 Å². The van der Waals surface area contributed by atoms with Crippen molar-refractivity contribution in [3.63, 3.8) is 0 Å². The number of benzene rings is 2. The zero-order chi connectivity index (χ0) is 19.9. The van der Waals surface area contributed by atoms with E-state index in [-0.39, 0.29) is 11.9 Å². The normalized spacial score (nSPS) is 10.2. The van der Waals surface area contributed by atoms with E-state index < -0.39 is 5.82 Å². The average Bonchev–Trinajstić information content (AvgIpc) is 2.70. The van der Waals surface area contributed by atoms with Gasteiger partial charge in [-0.3, -0.25) is 4.79 Å². The molecule has 28 heavy (non-hydrogen) atoms. The number of anilines is 3. The van der Waals surface area contributed by atoms with Gasteiger partial charge in [-0.2, -0.15) is 0 Å². The number of amides is 1. The summed E-state index contributed by atoms with van der Waals surface area (Å²) in [7, 11) is 0. The molecule has 0 bridgehead atoms. The van der Waals surface area contributed by atoms with E-state index in [0.29, 0.717) is 29.2 Å². The quantitative estimate of drug-likeness (QED) is 0.621. The van der Waals surface area contributed by atoms with Crippen LogP contribution in [0, 0.1) is 5.82 Å². The van der Waals surface area contributed by atoms with Crippen LogP contribution in [0.2, 0.25) is 0 Å². The highest BCUT2D eigenvalue weighted by Crippen LogP contribution is 2.18. The van der Waals surface area contributed by atoms with E-state index in [9.17, 15) is 14.0 Å². The van der Waals surface area contributed by atoms with Gasteiger partial charge in [0.2, 0.25) is 0 Å². The molecule has 0 fully saturated rings. The van der Waals surface area contributed by atoms with E-state index in [1.807, 2.05) is 0 Å². The second-order valence-corrected chi connectivity index (χ2v) is 5.82. The summed E-state index contributed by atoms with van der Waals surface area (Å²) in [5.74, 6) is -0.543. The fourth-order valence-corrected chi connectivity index (χ4v) is 2.40. The molecule has 1 heterocycles. The lowest BCUT2D eigenvalue weighted by Crippen LogP contribution is -2.12. The minimum absolute atomic E-state index is 0.326. The smallest absolute Gasteiger partial charge is 0.338 e. The molecule has 0 saturated carbocycles. The highest BCUT2D eigenvalue weighted by Gasteiger charge is 2.08. The molecule has 0 spiro atoms. The molecule has 1 amide bonds. The molecular formula is C21H18FN3O3. The van der Waals surface area contributed by atoms with Crippen molar-refractivity contribution in [3.8, 4) is 0 Å². The van der Waals surface area contributed by atoms with Crippen LogP contribution in [0.1, 0.15) is 27.6 Å². The zero-order valence-corrected chi connectivity index (χ0v) is 15.1. The number of aromatic nitrogens is 1. The maximum absolute atomic E-state index is 12.9. The average molecular weight is 379 g/mol. The van der Waals surface area contributed by atoms with Gasteiger partial charge in [0.1, 0.15) is 11.6 Å². The fraction of sp³-hybridized carbons (Fsp3) is 0.0952. The number of pyridine rings is 1. The van der Waals surface area contributed by atoms with Crippen LogP contribution < -0.4 is 10.6 Å². The molecule has 0 radical (unpaired) electrons. The standard InChI is InChI=1S/C21H18FN3O3/c1-2-28-21(27)15-5-9-17(10-6-15)24-19-12-11-18(13-23-19)25-20(26)14-3-7-16(22)8-4-14/h3-13H,2H2,1H3,(H,23,24)(H,25,26). The molecule has 0 saturated heterocycles. The molecular weight excluding hydrogens is 361 g/mol. The number of carbonyl (C=O) groups excluding carboxylic acids is 2. The number of hydrogen-bond acceptors (Lipinski definition) is 5. The first-order valence-electron chi connectivity index (χ1n) is 8.62. The van der Waals surface area contributed by atoms with E-state index in [1.165, 1.54) is 30.5 Å². The minimum Gasteiger partial charge on any atom is -0.462 e. The monoisotopic (exact) mass is 379 g/mol. The molecule has 3 rings (SSSR count). The Labute approximate surface area is 161 Å². The third-order valence-corrected chi connectivity index (χ3v) is 3.80. The first kappa shape index (κ1) is 19.0. The Kier molecular flexibility index (Phi) is 5.96. The molecule has 142 valence electrons. The van der Waals surface area contributed by atoms with Gasteiger partial charge in [-0.05, 0) is 67.6 Å². The number of nitrogens with zero attached hydrogens (tertiary/aromatic N) is 1. The van der Waals surface area contributed by atoms with Crippen molar-refractivity contribution in [3.05, 3.63) is 83.8 Å². The van der Waals surface area contributed by atoms with Crippen molar-refractivity contribution in [2.45, 2.75) is 6.92 Å². The molecule has 0 unspecified atom stereocenters. The summed E-state index contributed by atoms with van der Waals surface area (Å²) >= 11 is 0. The maximum Gasteiger partial charge on any atom is 0.338 e. The van der Waals surface area contributed by atoms with Crippen LogP contribution in [-0.2, 0) is 4.74 Å². The molecule has 0 atom stereocenters. The lowest BCUT2D eigenvalue weighted by Gasteiger charge is -2.09. The van der Waals surface area contributed by atoms with Crippen molar-refractivity contribution in [1.82, 2.24) is 4.98 Å². The molecule has 2 aromatic carbocycles. The Morgan fingerprint density at radius 1 is 0.929 bits per heavy atom. The van der Waals surface area contributed by atoms with E-state index >= 15 is 0 Å². The Morgan fingerprint density at radius 2 is 1.57 bits per heavy atom. The van der Waals surface area contributed by atoms with Gasteiger partial charge in [-0.25, -0.2) is 14.2 Å². The molecule has 0 aliphatic rings. The van der Waals surface area contributed by atoms with Crippen LogP contribution >= 0.6 is 0 Å². The van der Waals surface area contributed by atoms with Gasteiger partial charge in [-0.15, -0.1) is 0 Å². The van der Waals surface area contributed by atoms with Crippen LogP contribution in [0.5, 0.6) is 0 Å². The van der Waals surface area contributed by atoms with Crippen LogP contribution in [0.25, 0.3) is 0 Å². The van der Waals surface area contributed by atoms with Crippen LogP contribution in [-0.4, -0.2) is 23.5 Å². The zero-order valence-electron chi connectivity index (χ0n) is 15.1. The number of esters is 1. The largest absolute Gasteiger partial charge is 0.462 e. The topological polar surface area (TPSA) is 80.3 Å². The summed E-state index contributed by atoms with van der Waals surface area (Å²) in [5.41, 5.74) is 2.09. The van der Waals surface area contributed by atoms with Gasteiger partial charge in [0.25, 0.3) is 5.91 Å². The molecule has 1 aromatic heterocycles. The molecule has 6 nitrogen and oxygen atoms in total. The van der Waals surface area contributed by atoms with Gasteiger partial charge in [-0.1, -0.05) is 0 Å². The molecule has 0 aliphatic heterocycles. The lowest BCUT2D eigenvalue weighted by atomic mass is 10.2. The van der Waals surface area contributed by atoms with Crippen LogP contribution in [0.15, 0.2) is 66.9 Å². The van der Waals surface area contributed by atoms with Gasteiger partial charge in [0.15, 0.2) is 0 Å². The summed E-state index contributed by atoms with van der Waals surface area (Å²) in [6, 6.07) is 15.5. The fourth-order valence-electron chi connectivity index (χ4n) is 2.40. The lowest BCUT2D eigenvalue weighted by molar-refractivity contribution is 0.0526. The van der Waals surface area contributed by atoms with Gasteiger partial charge < -0.3 is 15.4 Å².